The van der Waals surface area contributed by atoms with Crippen molar-refractivity contribution in [1.29, 1.82) is 0 Å². The third kappa shape index (κ3) is 3.74. The Kier molecular flexibility index (Phi) is 5.58. The first-order valence-corrected chi connectivity index (χ1v) is 6.36. The van der Waals surface area contributed by atoms with E-state index in [1.54, 1.807) is 0 Å². The van der Waals surface area contributed by atoms with E-state index >= 15 is 0 Å². The van der Waals surface area contributed by atoms with Crippen LogP contribution in [0, 0.1) is 11.3 Å². The van der Waals surface area contributed by atoms with Crippen molar-refractivity contribution in [2.75, 3.05) is 19.6 Å². The van der Waals surface area contributed by atoms with Gasteiger partial charge in [-0.15, -0.1) is 0 Å². The molecule has 90 valence electrons. The highest BCUT2D eigenvalue weighted by Gasteiger charge is 2.33. The van der Waals surface area contributed by atoms with Crippen molar-refractivity contribution < 1.29 is 0 Å². The molecule has 3 nitrogen and oxygen atoms in total. The minimum Gasteiger partial charge on any atom is -0.330 e. The fraction of sp³-hybridized carbons (Fsp3) is 1.00. The average Bonchev–Trinajstić information content (AvgIpc) is 2.29. The maximum Gasteiger partial charge on any atom is -0.00205 e. The quantitative estimate of drug-likeness (QED) is 0.620. The Labute approximate surface area is 93.8 Å². The van der Waals surface area contributed by atoms with E-state index in [1.165, 1.54) is 38.5 Å². The van der Waals surface area contributed by atoms with Gasteiger partial charge in [-0.05, 0) is 75.9 Å². The van der Waals surface area contributed by atoms with Gasteiger partial charge >= 0.3 is 0 Å². The zero-order chi connectivity index (χ0) is 11.1. The van der Waals surface area contributed by atoms with Crippen LogP contribution in [0.4, 0.5) is 0 Å². The number of hydrogen-bond donors (Lipinski definition) is 3. The van der Waals surface area contributed by atoms with E-state index in [0.29, 0.717) is 5.41 Å². The molecule has 0 atom stereocenters. The van der Waals surface area contributed by atoms with Gasteiger partial charge in [0.25, 0.3) is 0 Å². The summed E-state index contributed by atoms with van der Waals surface area (Å²) in [6, 6.07) is 0. The molecule has 1 aliphatic rings. The summed E-state index contributed by atoms with van der Waals surface area (Å²) in [5.41, 5.74) is 17.5. The van der Waals surface area contributed by atoms with Crippen LogP contribution >= 0.6 is 0 Å². The number of rotatable bonds is 6. The molecule has 1 rings (SSSR count). The first-order valence-electron chi connectivity index (χ1n) is 6.36. The summed E-state index contributed by atoms with van der Waals surface area (Å²) in [5.74, 6) is 0.854. The minimum atomic E-state index is 0.407. The van der Waals surface area contributed by atoms with Crippen LogP contribution in [0.15, 0.2) is 0 Å². The SMILES string of the molecule is NCCCC1(CN)CCC(CCN)CC1. The van der Waals surface area contributed by atoms with Gasteiger partial charge in [0.1, 0.15) is 0 Å². The first kappa shape index (κ1) is 12.9. The molecule has 0 saturated heterocycles. The molecule has 0 bridgehead atoms. The summed E-state index contributed by atoms with van der Waals surface area (Å²) in [6.07, 6.45) is 8.74. The van der Waals surface area contributed by atoms with Gasteiger partial charge in [0.05, 0.1) is 0 Å². The van der Waals surface area contributed by atoms with Crippen LogP contribution in [0.25, 0.3) is 0 Å². The summed E-state index contributed by atoms with van der Waals surface area (Å²) in [5, 5.41) is 0. The third-order valence-corrected chi connectivity index (χ3v) is 4.08. The van der Waals surface area contributed by atoms with Gasteiger partial charge in [0, 0.05) is 0 Å². The highest BCUT2D eigenvalue weighted by Crippen LogP contribution is 2.42. The molecule has 1 saturated carbocycles. The first-order chi connectivity index (χ1) is 7.26. The van der Waals surface area contributed by atoms with E-state index in [1.807, 2.05) is 0 Å². The molecule has 1 aliphatic carbocycles. The molecule has 1 fully saturated rings. The van der Waals surface area contributed by atoms with Gasteiger partial charge in [-0.1, -0.05) is 0 Å². The standard InChI is InChI=1S/C12H27N3/c13-8-1-5-12(10-15)6-2-11(3-7-12)4-9-14/h11H,1-10,13-15H2. The summed E-state index contributed by atoms with van der Waals surface area (Å²) in [7, 11) is 0. The molecule has 0 aliphatic heterocycles. The lowest BCUT2D eigenvalue weighted by Crippen LogP contribution is -2.35. The lowest BCUT2D eigenvalue weighted by molar-refractivity contribution is 0.139. The van der Waals surface area contributed by atoms with Gasteiger partial charge in [-0.2, -0.15) is 0 Å². The van der Waals surface area contributed by atoms with E-state index in [4.69, 9.17) is 17.2 Å². The average molecular weight is 213 g/mol. The third-order valence-electron chi connectivity index (χ3n) is 4.08. The second-order valence-corrected chi connectivity index (χ2v) is 5.12. The van der Waals surface area contributed by atoms with Gasteiger partial charge < -0.3 is 17.2 Å². The molecule has 15 heavy (non-hydrogen) atoms. The van der Waals surface area contributed by atoms with Crippen LogP contribution in [-0.2, 0) is 0 Å². The van der Waals surface area contributed by atoms with Crippen LogP contribution in [0.5, 0.6) is 0 Å². The highest BCUT2D eigenvalue weighted by atomic mass is 14.6. The monoisotopic (exact) mass is 213 g/mol. The van der Waals surface area contributed by atoms with Crippen molar-refractivity contribution in [3.8, 4) is 0 Å². The summed E-state index contributed by atoms with van der Waals surface area (Å²) in [4.78, 5) is 0. The molecule has 0 aromatic rings. The lowest BCUT2D eigenvalue weighted by atomic mass is 9.67. The van der Waals surface area contributed by atoms with Crippen molar-refractivity contribution in [1.82, 2.24) is 0 Å². The van der Waals surface area contributed by atoms with Crippen molar-refractivity contribution in [2.24, 2.45) is 28.5 Å². The zero-order valence-electron chi connectivity index (χ0n) is 9.88. The summed E-state index contributed by atoms with van der Waals surface area (Å²) in [6.45, 7) is 2.47. The molecule has 0 spiro atoms. The minimum absolute atomic E-state index is 0.407. The molecule has 6 N–H and O–H groups in total. The Balaban J connectivity index is 2.36. The molecular weight excluding hydrogens is 186 g/mol. The van der Waals surface area contributed by atoms with Crippen molar-refractivity contribution in [3.63, 3.8) is 0 Å². The smallest absolute Gasteiger partial charge is 0.00205 e. The van der Waals surface area contributed by atoms with Crippen molar-refractivity contribution in [3.05, 3.63) is 0 Å². The van der Waals surface area contributed by atoms with E-state index in [0.717, 1.165) is 32.0 Å². The summed E-state index contributed by atoms with van der Waals surface area (Å²) >= 11 is 0. The molecule has 0 radical (unpaired) electrons. The maximum absolute atomic E-state index is 5.93. The molecule has 0 amide bonds. The fourth-order valence-electron chi connectivity index (χ4n) is 2.85. The molecule has 0 unspecified atom stereocenters. The predicted molar refractivity (Wildman–Crippen MR) is 65.4 cm³/mol. The van der Waals surface area contributed by atoms with Gasteiger partial charge in [-0.25, -0.2) is 0 Å². The van der Waals surface area contributed by atoms with E-state index in [9.17, 15) is 0 Å². The normalized spacial score (nSPS) is 31.8. The Morgan fingerprint density at radius 3 is 2.13 bits per heavy atom. The lowest BCUT2D eigenvalue weighted by Gasteiger charge is -2.39. The maximum atomic E-state index is 5.93. The van der Waals surface area contributed by atoms with E-state index < -0.39 is 0 Å². The Hall–Kier alpha value is -0.120. The van der Waals surface area contributed by atoms with Crippen LogP contribution in [0.1, 0.15) is 44.9 Å². The number of hydrogen-bond acceptors (Lipinski definition) is 3. The summed E-state index contributed by atoms with van der Waals surface area (Å²) < 4.78 is 0. The number of nitrogens with two attached hydrogens (primary N) is 3. The van der Waals surface area contributed by atoms with Crippen LogP contribution in [0.3, 0.4) is 0 Å². The zero-order valence-corrected chi connectivity index (χ0v) is 9.88. The molecule has 0 aromatic heterocycles. The Morgan fingerprint density at radius 2 is 1.67 bits per heavy atom. The van der Waals surface area contributed by atoms with Crippen LogP contribution < -0.4 is 17.2 Å². The van der Waals surface area contributed by atoms with Crippen molar-refractivity contribution in [2.45, 2.75) is 44.9 Å². The Morgan fingerprint density at radius 1 is 1.00 bits per heavy atom. The molecule has 0 aromatic carbocycles. The van der Waals surface area contributed by atoms with Gasteiger partial charge in [0.15, 0.2) is 0 Å². The van der Waals surface area contributed by atoms with E-state index in [2.05, 4.69) is 0 Å². The van der Waals surface area contributed by atoms with Crippen molar-refractivity contribution >= 4 is 0 Å². The molecule has 3 heteroatoms. The van der Waals surface area contributed by atoms with Crippen LogP contribution in [-0.4, -0.2) is 19.6 Å². The van der Waals surface area contributed by atoms with Gasteiger partial charge in [-0.3, -0.25) is 0 Å². The fourth-order valence-corrected chi connectivity index (χ4v) is 2.85. The van der Waals surface area contributed by atoms with Gasteiger partial charge in [0.2, 0.25) is 0 Å². The Bertz CT molecular complexity index is 162. The largest absolute Gasteiger partial charge is 0.330 e. The predicted octanol–water partition coefficient (Wildman–Crippen LogP) is 1.21. The molecular formula is C12H27N3. The second-order valence-electron chi connectivity index (χ2n) is 5.12. The van der Waals surface area contributed by atoms with Crippen LogP contribution in [0.2, 0.25) is 0 Å². The second kappa shape index (κ2) is 6.46. The topological polar surface area (TPSA) is 78.1 Å². The highest BCUT2D eigenvalue weighted by molar-refractivity contribution is 4.86. The molecule has 0 heterocycles. The van der Waals surface area contributed by atoms with E-state index in [-0.39, 0.29) is 0 Å².